The van der Waals surface area contributed by atoms with Crippen molar-refractivity contribution in [3.63, 3.8) is 0 Å². The predicted octanol–water partition coefficient (Wildman–Crippen LogP) is 5.01. The molecule has 0 fully saturated rings. The summed E-state index contributed by atoms with van der Waals surface area (Å²) in [6, 6.07) is 22.6. The molecule has 0 radical (unpaired) electrons. The molecule has 0 aromatic heterocycles. The number of amides is 1. The second-order valence-corrected chi connectivity index (χ2v) is 9.75. The molecule has 0 N–H and O–H groups in total. The lowest BCUT2D eigenvalue weighted by Gasteiger charge is -2.25. The summed E-state index contributed by atoms with van der Waals surface area (Å²) in [5.41, 5.74) is 1.65. The van der Waals surface area contributed by atoms with Crippen LogP contribution in [0.3, 0.4) is 0 Å². The molecule has 8 heteroatoms. The topological polar surface area (TPSA) is 66.9 Å². The first-order valence-corrected chi connectivity index (χ1v) is 12.5. The van der Waals surface area contributed by atoms with Crippen molar-refractivity contribution in [2.75, 3.05) is 31.1 Å². The van der Waals surface area contributed by atoms with Crippen LogP contribution in [0.4, 0.5) is 5.69 Å². The van der Waals surface area contributed by atoms with Crippen LogP contribution < -0.4 is 4.31 Å². The highest BCUT2D eigenvalue weighted by Gasteiger charge is 2.28. The van der Waals surface area contributed by atoms with Crippen LogP contribution >= 0.6 is 11.6 Å². The van der Waals surface area contributed by atoms with Crippen molar-refractivity contribution in [1.82, 2.24) is 4.90 Å². The van der Waals surface area contributed by atoms with Crippen LogP contribution in [0.5, 0.6) is 0 Å². The largest absolute Gasteiger partial charge is 0.383 e. The van der Waals surface area contributed by atoms with Crippen LogP contribution in [0, 0.1) is 0 Å². The summed E-state index contributed by atoms with van der Waals surface area (Å²) < 4.78 is 33.6. The van der Waals surface area contributed by atoms with Gasteiger partial charge in [0.15, 0.2) is 0 Å². The second kappa shape index (κ2) is 11.8. The monoisotopic (exact) mass is 498 g/mol. The van der Waals surface area contributed by atoms with E-state index in [0.717, 1.165) is 5.56 Å². The van der Waals surface area contributed by atoms with Crippen molar-refractivity contribution in [2.45, 2.75) is 11.4 Å². The van der Waals surface area contributed by atoms with Gasteiger partial charge in [-0.1, -0.05) is 66.2 Å². The van der Waals surface area contributed by atoms with E-state index in [4.69, 9.17) is 16.3 Å². The van der Waals surface area contributed by atoms with Gasteiger partial charge in [0, 0.05) is 25.8 Å². The van der Waals surface area contributed by atoms with E-state index in [1.54, 1.807) is 42.3 Å². The molecule has 0 aliphatic carbocycles. The van der Waals surface area contributed by atoms with Crippen molar-refractivity contribution in [2.24, 2.45) is 0 Å². The number of sulfonamides is 1. The Hall–Kier alpha value is -3.13. The number of para-hydroxylation sites is 1. The molecule has 3 aromatic rings. The molecular weight excluding hydrogens is 472 g/mol. The number of nitrogens with zero attached hydrogens (tertiary/aromatic N) is 2. The van der Waals surface area contributed by atoms with Crippen molar-refractivity contribution in [3.8, 4) is 0 Å². The van der Waals surface area contributed by atoms with E-state index < -0.39 is 10.0 Å². The van der Waals surface area contributed by atoms with Crippen molar-refractivity contribution < 1.29 is 17.9 Å². The molecule has 0 aliphatic rings. The Bertz CT molecular complexity index is 1220. The molecule has 0 aliphatic heterocycles. The second-order valence-electron chi connectivity index (χ2n) is 7.51. The molecule has 6 nitrogen and oxygen atoms in total. The Labute approximate surface area is 206 Å². The lowest BCUT2D eigenvalue weighted by atomic mass is 10.1. The fourth-order valence-electron chi connectivity index (χ4n) is 3.45. The molecule has 0 unspecified atom stereocenters. The molecule has 34 heavy (non-hydrogen) atoms. The number of hydrogen-bond donors (Lipinski definition) is 0. The minimum atomic E-state index is -4.07. The Morgan fingerprint density at radius 3 is 2.29 bits per heavy atom. The number of anilines is 1. The molecule has 1 amide bonds. The third-order valence-corrected chi connectivity index (χ3v) is 7.43. The quantitative estimate of drug-likeness (QED) is 0.348. The maximum Gasteiger partial charge on any atom is 0.266 e. The summed E-state index contributed by atoms with van der Waals surface area (Å²) in [7, 11) is -2.50. The summed E-state index contributed by atoms with van der Waals surface area (Å²) in [4.78, 5) is 14.9. The molecule has 0 saturated carbocycles. The van der Waals surface area contributed by atoms with Gasteiger partial charge >= 0.3 is 0 Å². The van der Waals surface area contributed by atoms with Gasteiger partial charge in [-0.05, 0) is 35.9 Å². The smallest absolute Gasteiger partial charge is 0.266 e. The van der Waals surface area contributed by atoms with E-state index in [1.165, 1.54) is 28.6 Å². The molecule has 0 bridgehead atoms. The highest BCUT2D eigenvalue weighted by atomic mass is 35.5. The first kappa shape index (κ1) is 25.5. The molecular formula is C26H27ClN2O4S. The summed E-state index contributed by atoms with van der Waals surface area (Å²) in [5.74, 6) is -0.316. The number of ether oxygens (including phenoxy) is 1. The molecule has 0 spiro atoms. The van der Waals surface area contributed by atoms with Gasteiger partial charge in [-0.3, -0.25) is 9.10 Å². The van der Waals surface area contributed by atoms with Crippen LogP contribution in [0.25, 0.3) is 0 Å². The van der Waals surface area contributed by atoms with Gasteiger partial charge in [0.1, 0.15) is 4.90 Å². The van der Waals surface area contributed by atoms with Gasteiger partial charge in [-0.2, -0.15) is 0 Å². The predicted molar refractivity (Wildman–Crippen MR) is 136 cm³/mol. The molecule has 3 rings (SSSR count). The minimum absolute atomic E-state index is 0.0352. The zero-order chi connectivity index (χ0) is 24.6. The maximum atomic E-state index is 13.6. The normalized spacial score (nSPS) is 11.1. The summed E-state index contributed by atoms with van der Waals surface area (Å²) in [6.45, 7) is 4.79. The summed E-state index contributed by atoms with van der Waals surface area (Å²) in [5, 5.41) is 0.0352. The van der Waals surface area contributed by atoms with E-state index in [2.05, 4.69) is 6.58 Å². The van der Waals surface area contributed by atoms with E-state index in [0.29, 0.717) is 25.4 Å². The highest BCUT2D eigenvalue weighted by molar-refractivity contribution is 7.93. The Balaban J connectivity index is 1.98. The number of benzene rings is 3. The molecule has 3 aromatic carbocycles. The highest BCUT2D eigenvalue weighted by Crippen LogP contribution is 2.30. The van der Waals surface area contributed by atoms with E-state index in [-0.39, 0.29) is 27.9 Å². The van der Waals surface area contributed by atoms with Gasteiger partial charge in [0.2, 0.25) is 0 Å². The van der Waals surface area contributed by atoms with Gasteiger partial charge in [0.25, 0.3) is 15.9 Å². The van der Waals surface area contributed by atoms with Crippen LogP contribution in [0.2, 0.25) is 5.02 Å². The number of carbonyl (C=O) groups excluding carboxylic acids is 1. The van der Waals surface area contributed by atoms with Crippen molar-refractivity contribution >= 4 is 33.2 Å². The number of carbonyl (C=O) groups is 1. The molecule has 0 atom stereocenters. The zero-order valence-corrected chi connectivity index (χ0v) is 20.5. The van der Waals surface area contributed by atoms with E-state index >= 15 is 0 Å². The van der Waals surface area contributed by atoms with Gasteiger partial charge < -0.3 is 9.64 Å². The average Bonchev–Trinajstić information content (AvgIpc) is 2.86. The summed E-state index contributed by atoms with van der Waals surface area (Å²) >= 11 is 6.33. The first-order valence-electron chi connectivity index (χ1n) is 10.7. The Morgan fingerprint density at radius 2 is 1.68 bits per heavy atom. The van der Waals surface area contributed by atoms with Crippen LogP contribution in [0.1, 0.15) is 15.9 Å². The number of rotatable bonds is 11. The van der Waals surface area contributed by atoms with Crippen LogP contribution in [0.15, 0.2) is 96.4 Å². The molecule has 178 valence electrons. The van der Waals surface area contributed by atoms with Gasteiger partial charge in [-0.25, -0.2) is 8.42 Å². The maximum absolute atomic E-state index is 13.6. The fourth-order valence-corrected chi connectivity index (χ4v) is 5.39. The lowest BCUT2D eigenvalue weighted by Crippen LogP contribution is -2.34. The molecule has 0 heterocycles. The van der Waals surface area contributed by atoms with Crippen molar-refractivity contribution in [3.05, 3.63) is 108 Å². The fraction of sp³-hybridized carbons (Fsp3) is 0.192. The van der Waals surface area contributed by atoms with Gasteiger partial charge in [0.05, 0.1) is 23.9 Å². The zero-order valence-electron chi connectivity index (χ0n) is 18.9. The number of methoxy groups -OCH3 is 1. The number of halogens is 1. The van der Waals surface area contributed by atoms with E-state index in [1.807, 2.05) is 30.3 Å². The van der Waals surface area contributed by atoms with E-state index in [9.17, 15) is 13.2 Å². The van der Waals surface area contributed by atoms with Crippen molar-refractivity contribution in [1.29, 1.82) is 0 Å². The van der Waals surface area contributed by atoms with Crippen LogP contribution in [-0.2, 0) is 21.3 Å². The SMILES string of the molecule is C=CCN(c1ccccc1)S(=O)(=O)c1cc(C(=O)N(CCOC)Cc2ccccc2)ccc1Cl. The standard InChI is InChI=1S/C26H27ClN2O4S/c1-3-16-29(23-12-8-5-9-13-23)34(31,32)25-19-22(14-15-24(25)27)26(30)28(17-18-33-2)20-21-10-6-4-7-11-21/h3-15,19H,1,16-18,20H2,2H3. The lowest BCUT2D eigenvalue weighted by molar-refractivity contribution is 0.0680. The first-order chi connectivity index (χ1) is 16.4. The van der Waals surface area contributed by atoms with Gasteiger partial charge in [-0.15, -0.1) is 6.58 Å². The average molecular weight is 499 g/mol. The Kier molecular flexibility index (Phi) is 8.87. The van der Waals surface area contributed by atoms with Crippen LogP contribution in [-0.4, -0.2) is 46.0 Å². The summed E-state index contributed by atoms with van der Waals surface area (Å²) in [6.07, 6.45) is 1.50. The minimum Gasteiger partial charge on any atom is -0.383 e. The third-order valence-electron chi connectivity index (χ3n) is 5.15. The number of hydrogen-bond acceptors (Lipinski definition) is 4. The molecule has 0 saturated heterocycles. The Morgan fingerprint density at radius 1 is 1.03 bits per heavy atom. The third kappa shape index (κ3) is 6.05.